The van der Waals surface area contributed by atoms with Gasteiger partial charge in [0.1, 0.15) is 6.04 Å². The van der Waals surface area contributed by atoms with Crippen molar-refractivity contribution in [1.82, 2.24) is 10.2 Å². The van der Waals surface area contributed by atoms with Gasteiger partial charge in [-0.25, -0.2) is 0 Å². The molecule has 0 bridgehead atoms. The largest absolute Gasteiger partial charge is 0.339 e. The van der Waals surface area contributed by atoms with Crippen molar-refractivity contribution in [2.24, 2.45) is 5.92 Å². The van der Waals surface area contributed by atoms with E-state index in [1.165, 1.54) is 25.7 Å². The summed E-state index contributed by atoms with van der Waals surface area (Å²) < 4.78 is 0. The molecule has 1 saturated carbocycles. The maximum Gasteiger partial charge on any atom is 0.250 e. The van der Waals surface area contributed by atoms with E-state index in [0.29, 0.717) is 5.92 Å². The zero-order valence-electron chi connectivity index (χ0n) is 12.4. The molecule has 2 fully saturated rings. The molecule has 3 rings (SSSR count). The molecule has 0 radical (unpaired) electrons. The van der Waals surface area contributed by atoms with Crippen molar-refractivity contribution in [1.29, 1.82) is 0 Å². The minimum atomic E-state index is -0.531. The smallest absolute Gasteiger partial charge is 0.250 e. The highest BCUT2D eigenvalue weighted by atomic mass is 16.2. The number of nitrogens with zero attached hydrogens (tertiary/aromatic N) is 1. The number of piperazine rings is 1. The predicted molar refractivity (Wildman–Crippen MR) is 80.5 cm³/mol. The van der Waals surface area contributed by atoms with Crippen LogP contribution in [0.4, 0.5) is 0 Å². The second kappa shape index (κ2) is 5.88. The molecule has 1 saturated heterocycles. The van der Waals surface area contributed by atoms with E-state index in [-0.39, 0.29) is 24.4 Å². The highest BCUT2D eigenvalue weighted by Gasteiger charge is 2.38. The van der Waals surface area contributed by atoms with Crippen LogP contribution in [-0.4, -0.2) is 29.3 Å². The molecule has 1 aliphatic carbocycles. The van der Waals surface area contributed by atoms with Crippen molar-refractivity contribution >= 4 is 11.8 Å². The Morgan fingerprint density at radius 3 is 2.48 bits per heavy atom. The van der Waals surface area contributed by atoms with Crippen LogP contribution in [0.15, 0.2) is 30.3 Å². The molecule has 1 aromatic carbocycles. The van der Waals surface area contributed by atoms with Crippen molar-refractivity contribution in [2.75, 3.05) is 6.54 Å². The number of benzene rings is 1. The lowest BCUT2D eigenvalue weighted by Crippen LogP contribution is -2.57. The summed E-state index contributed by atoms with van der Waals surface area (Å²) in [5.41, 5.74) is 0.860. The van der Waals surface area contributed by atoms with Crippen molar-refractivity contribution < 1.29 is 9.59 Å². The fraction of sp³-hybridized carbons (Fsp3) is 0.529. The Morgan fingerprint density at radius 1 is 1.14 bits per heavy atom. The molecule has 4 nitrogen and oxygen atoms in total. The molecular weight excluding hydrogens is 264 g/mol. The van der Waals surface area contributed by atoms with Crippen LogP contribution >= 0.6 is 0 Å². The molecule has 21 heavy (non-hydrogen) atoms. The van der Waals surface area contributed by atoms with E-state index in [1.807, 2.05) is 30.3 Å². The van der Waals surface area contributed by atoms with Gasteiger partial charge in [0, 0.05) is 6.04 Å². The Kier molecular flexibility index (Phi) is 3.95. The molecule has 2 atom stereocenters. The van der Waals surface area contributed by atoms with Gasteiger partial charge < -0.3 is 10.2 Å². The van der Waals surface area contributed by atoms with Crippen molar-refractivity contribution in [3.05, 3.63) is 35.9 Å². The van der Waals surface area contributed by atoms with Gasteiger partial charge in [0.2, 0.25) is 5.91 Å². The molecular formula is C17H22N2O2. The second-order valence-corrected chi connectivity index (χ2v) is 6.16. The van der Waals surface area contributed by atoms with Gasteiger partial charge in [-0.1, -0.05) is 43.2 Å². The number of carbonyl (C=O) groups excluding carboxylic acids is 2. The molecule has 2 amide bonds. The summed E-state index contributed by atoms with van der Waals surface area (Å²) in [7, 11) is 0. The van der Waals surface area contributed by atoms with Crippen LogP contribution in [0.5, 0.6) is 0 Å². The SMILES string of the molecule is CC(C1CCCC1)N1CC(=O)NC(c2ccccc2)C1=O. The lowest BCUT2D eigenvalue weighted by atomic mass is 9.95. The first-order valence-electron chi connectivity index (χ1n) is 7.81. The van der Waals surface area contributed by atoms with Crippen LogP contribution in [0.2, 0.25) is 0 Å². The van der Waals surface area contributed by atoms with Gasteiger partial charge >= 0.3 is 0 Å². The molecule has 0 aromatic heterocycles. The lowest BCUT2D eigenvalue weighted by Gasteiger charge is -2.39. The van der Waals surface area contributed by atoms with Crippen molar-refractivity contribution in [2.45, 2.75) is 44.7 Å². The number of nitrogens with one attached hydrogen (secondary N) is 1. The van der Waals surface area contributed by atoms with Crippen molar-refractivity contribution in [3.8, 4) is 0 Å². The molecule has 112 valence electrons. The quantitative estimate of drug-likeness (QED) is 0.926. The van der Waals surface area contributed by atoms with Gasteiger partial charge in [-0.05, 0) is 31.2 Å². The van der Waals surface area contributed by atoms with E-state index in [9.17, 15) is 9.59 Å². The first kappa shape index (κ1) is 14.1. The minimum absolute atomic E-state index is 0.0280. The number of carbonyl (C=O) groups is 2. The van der Waals surface area contributed by atoms with Crippen LogP contribution in [0.3, 0.4) is 0 Å². The van der Waals surface area contributed by atoms with Crippen molar-refractivity contribution in [3.63, 3.8) is 0 Å². The molecule has 1 aliphatic heterocycles. The summed E-state index contributed by atoms with van der Waals surface area (Å²) in [5.74, 6) is 0.504. The molecule has 2 aliphatic rings. The number of rotatable bonds is 3. The third-order valence-corrected chi connectivity index (χ3v) is 4.86. The van der Waals surface area contributed by atoms with E-state index < -0.39 is 6.04 Å². The van der Waals surface area contributed by atoms with Gasteiger partial charge in [-0.3, -0.25) is 9.59 Å². The van der Waals surface area contributed by atoms with Crippen LogP contribution in [-0.2, 0) is 9.59 Å². The second-order valence-electron chi connectivity index (χ2n) is 6.16. The Balaban J connectivity index is 1.81. The first-order valence-corrected chi connectivity index (χ1v) is 7.81. The third kappa shape index (κ3) is 2.80. The van der Waals surface area contributed by atoms with Gasteiger partial charge in [0.05, 0.1) is 6.54 Å². The Labute approximate surface area is 125 Å². The summed E-state index contributed by atoms with van der Waals surface area (Å²) in [5, 5.41) is 2.83. The normalized spacial score (nSPS) is 25.0. The van der Waals surface area contributed by atoms with Crippen LogP contribution in [0, 0.1) is 5.92 Å². The summed E-state index contributed by atoms with van der Waals surface area (Å²) >= 11 is 0. The Bertz CT molecular complexity index is 523. The van der Waals surface area contributed by atoms with Crippen LogP contribution in [0.25, 0.3) is 0 Å². The van der Waals surface area contributed by atoms with E-state index in [0.717, 1.165) is 5.56 Å². The maximum absolute atomic E-state index is 12.8. The van der Waals surface area contributed by atoms with E-state index in [2.05, 4.69) is 12.2 Å². The van der Waals surface area contributed by atoms with Gasteiger partial charge in [-0.15, -0.1) is 0 Å². The maximum atomic E-state index is 12.8. The summed E-state index contributed by atoms with van der Waals surface area (Å²) in [6.07, 6.45) is 4.82. The van der Waals surface area contributed by atoms with E-state index in [1.54, 1.807) is 4.90 Å². The number of hydrogen-bond acceptors (Lipinski definition) is 2. The number of amides is 2. The predicted octanol–water partition coefficient (Wildman–Crippen LogP) is 2.26. The molecule has 0 spiro atoms. The minimum Gasteiger partial charge on any atom is -0.339 e. The van der Waals surface area contributed by atoms with E-state index >= 15 is 0 Å². The molecule has 2 unspecified atom stereocenters. The zero-order valence-corrected chi connectivity index (χ0v) is 12.4. The van der Waals surface area contributed by atoms with E-state index in [4.69, 9.17) is 0 Å². The Hall–Kier alpha value is -1.84. The van der Waals surface area contributed by atoms with Gasteiger partial charge in [0.15, 0.2) is 0 Å². The van der Waals surface area contributed by atoms with Gasteiger partial charge in [-0.2, -0.15) is 0 Å². The monoisotopic (exact) mass is 286 g/mol. The highest BCUT2D eigenvalue weighted by Crippen LogP contribution is 2.32. The average molecular weight is 286 g/mol. The standard InChI is InChI=1S/C17H22N2O2/c1-12(13-7-5-6-8-13)19-11-15(20)18-16(17(19)21)14-9-3-2-4-10-14/h2-4,9-10,12-13,16H,5-8,11H2,1H3,(H,18,20). The summed E-state index contributed by atoms with van der Waals surface area (Å²) in [6.45, 7) is 2.29. The first-order chi connectivity index (χ1) is 10.2. The number of hydrogen-bond donors (Lipinski definition) is 1. The third-order valence-electron chi connectivity index (χ3n) is 4.86. The van der Waals surface area contributed by atoms with Crippen LogP contribution < -0.4 is 5.32 Å². The van der Waals surface area contributed by atoms with Crippen LogP contribution in [0.1, 0.15) is 44.2 Å². The summed E-state index contributed by atoms with van der Waals surface area (Å²) in [6, 6.07) is 9.12. The molecule has 1 N–H and O–H groups in total. The fourth-order valence-corrected chi connectivity index (χ4v) is 3.58. The summed E-state index contributed by atoms with van der Waals surface area (Å²) in [4.78, 5) is 26.6. The molecule has 4 heteroatoms. The highest BCUT2D eigenvalue weighted by molar-refractivity contribution is 5.95. The van der Waals surface area contributed by atoms with Gasteiger partial charge in [0.25, 0.3) is 5.91 Å². The average Bonchev–Trinajstić information content (AvgIpc) is 3.04. The lowest BCUT2D eigenvalue weighted by molar-refractivity contribution is -0.147. The zero-order chi connectivity index (χ0) is 14.8. The Morgan fingerprint density at radius 2 is 1.81 bits per heavy atom. The fourth-order valence-electron chi connectivity index (χ4n) is 3.58. The molecule has 1 aromatic rings. The topological polar surface area (TPSA) is 49.4 Å². The molecule has 1 heterocycles.